The zero-order valence-corrected chi connectivity index (χ0v) is 9.55. The number of rotatable bonds is 2. The van der Waals surface area contributed by atoms with E-state index in [0.717, 1.165) is 24.8 Å². The Morgan fingerprint density at radius 2 is 2.13 bits per heavy atom. The van der Waals surface area contributed by atoms with Crippen LogP contribution in [0, 0.1) is 0 Å². The quantitative estimate of drug-likeness (QED) is 0.714. The molecule has 0 aromatic carbocycles. The first kappa shape index (κ1) is 10.6. The molecule has 0 radical (unpaired) electrons. The topological polar surface area (TPSA) is 30.0 Å². The number of thiazole rings is 1. The van der Waals surface area contributed by atoms with Crippen LogP contribution in [0.15, 0.2) is 22.5 Å². The largest absolute Gasteiger partial charge is 0.287 e. The summed E-state index contributed by atoms with van der Waals surface area (Å²) >= 11 is 1.48. The third kappa shape index (κ3) is 2.75. The molecule has 1 aromatic heterocycles. The molecule has 15 heavy (non-hydrogen) atoms. The Hall–Kier alpha value is -0.960. The highest BCUT2D eigenvalue weighted by Crippen LogP contribution is 2.20. The second-order valence-corrected chi connectivity index (χ2v) is 4.60. The zero-order chi connectivity index (χ0) is 10.5. The van der Waals surface area contributed by atoms with Gasteiger partial charge in [0.1, 0.15) is 5.69 Å². The maximum absolute atomic E-state index is 12.0. The van der Waals surface area contributed by atoms with E-state index in [2.05, 4.69) is 11.1 Å². The number of Topliss-reactive ketones (excluding diaryl/α,β-unsaturated/α-hetero) is 1. The number of allylic oxidation sites excluding steroid dienone is 2. The minimum absolute atomic E-state index is 0.137. The summed E-state index contributed by atoms with van der Waals surface area (Å²) in [6.07, 6.45) is 8.99. The Morgan fingerprint density at radius 1 is 1.27 bits per heavy atom. The lowest BCUT2D eigenvalue weighted by Gasteiger charge is -2.08. The van der Waals surface area contributed by atoms with Crippen LogP contribution in [0.25, 0.3) is 0 Å². The van der Waals surface area contributed by atoms with Crippen molar-refractivity contribution in [2.24, 2.45) is 0 Å². The number of hydrogen-bond donors (Lipinski definition) is 0. The van der Waals surface area contributed by atoms with Gasteiger partial charge in [0.15, 0.2) is 0 Å². The summed E-state index contributed by atoms with van der Waals surface area (Å²) < 4.78 is 0. The van der Waals surface area contributed by atoms with E-state index in [-0.39, 0.29) is 5.78 Å². The van der Waals surface area contributed by atoms with Gasteiger partial charge < -0.3 is 0 Å². The van der Waals surface area contributed by atoms with Gasteiger partial charge in [-0.3, -0.25) is 4.79 Å². The summed E-state index contributed by atoms with van der Waals surface area (Å²) in [6.45, 7) is 0. The fourth-order valence-electron chi connectivity index (χ4n) is 1.89. The summed E-state index contributed by atoms with van der Waals surface area (Å²) in [5.41, 5.74) is 3.31. The second kappa shape index (κ2) is 5.21. The van der Waals surface area contributed by atoms with Crippen molar-refractivity contribution in [1.29, 1.82) is 0 Å². The Bertz CT molecular complexity index is 354. The SMILES string of the molecule is O=C(C1=CCCCCCC1)c1cscn1. The van der Waals surface area contributed by atoms with Gasteiger partial charge in [-0.05, 0) is 31.3 Å². The van der Waals surface area contributed by atoms with Gasteiger partial charge in [0.2, 0.25) is 5.78 Å². The average molecular weight is 221 g/mol. The Labute approximate surface area is 94.0 Å². The summed E-state index contributed by atoms with van der Waals surface area (Å²) in [4.78, 5) is 16.1. The number of ketones is 1. The van der Waals surface area contributed by atoms with E-state index in [1.165, 1.54) is 30.6 Å². The van der Waals surface area contributed by atoms with Gasteiger partial charge in [-0.1, -0.05) is 18.9 Å². The van der Waals surface area contributed by atoms with Crippen molar-refractivity contribution in [3.8, 4) is 0 Å². The van der Waals surface area contributed by atoms with Crippen molar-refractivity contribution in [1.82, 2.24) is 4.98 Å². The van der Waals surface area contributed by atoms with Gasteiger partial charge in [-0.2, -0.15) is 0 Å². The van der Waals surface area contributed by atoms with Crippen molar-refractivity contribution in [3.63, 3.8) is 0 Å². The lowest BCUT2D eigenvalue weighted by Crippen LogP contribution is -2.05. The maximum Gasteiger partial charge on any atom is 0.207 e. The predicted octanol–water partition coefficient (Wildman–Crippen LogP) is 3.61. The summed E-state index contributed by atoms with van der Waals surface area (Å²) in [6, 6.07) is 0. The summed E-state index contributed by atoms with van der Waals surface area (Å²) in [5.74, 6) is 0.137. The molecule has 1 heterocycles. The molecule has 3 heteroatoms. The molecule has 0 spiro atoms. The molecule has 0 amide bonds. The molecule has 1 aliphatic rings. The third-order valence-electron chi connectivity index (χ3n) is 2.75. The normalized spacial score (nSPS) is 17.7. The predicted molar refractivity (Wildman–Crippen MR) is 62.2 cm³/mol. The van der Waals surface area contributed by atoms with E-state index in [1.807, 2.05) is 5.38 Å². The smallest absolute Gasteiger partial charge is 0.207 e. The number of nitrogens with zero attached hydrogens (tertiary/aromatic N) is 1. The van der Waals surface area contributed by atoms with Crippen LogP contribution in [0.3, 0.4) is 0 Å². The van der Waals surface area contributed by atoms with Gasteiger partial charge in [0, 0.05) is 5.38 Å². The lowest BCUT2D eigenvalue weighted by atomic mass is 9.96. The van der Waals surface area contributed by atoms with Gasteiger partial charge in [0.05, 0.1) is 5.51 Å². The van der Waals surface area contributed by atoms with Gasteiger partial charge in [0.25, 0.3) is 0 Å². The fraction of sp³-hybridized carbons (Fsp3) is 0.500. The van der Waals surface area contributed by atoms with E-state index in [9.17, 15) is 4.79 Å². The zero-order valence-electron chi connectivity index (χ0n) is 8.74. The molecule has 0 aliphatic heterocycles. The van der Waals surface area contributed by atoms with Crippen molar-refractivity contribution >= 4 is 17.1 Å². The minimum Gasteiger partial charge on any atom is -0.287 e. The van der Waals surface area contributed by atoms with Gasteiger partial charge in [-0.25, -0.2) is 4.98 Å². The molecule has 0 saturated carbocycles. The Morgan fingerprint density at radius 3 is 2.93 bits per heavy atom. The number of carbonyl (C=O) groups is 1. The van der Waals surface area contributed by atoms with E-state index in [0.29, 0.717) is 5.69 Å². The maximum atomic E-state index is 12.0. The highest BCUT2D eigenvalue weighted by molar-refractivity contribution is 7.07. The van der Waals surface area contributed by atoms with Crippen LogP contribution in [0.5, 0.6) is 0 Å². The van der Waals surface area contributed by atoms with Crippen LogP contribution < -0.4 is 0 Å². The fourth-order valence-corrected chi connectivity index (χ4v) is 2.42. The summed E-state index contributed by atoms with van der Waals surface area (Å²) in [7, 11) is 0. The van der Waals surface area contributed by atoms with Crippen molar-refractivity contribution in [2.45, 2.75) is 38.5 Å². The van der Waals surface area contributed by atoms with Crippen LogP contribution in [-0.4, -0.2) is 10.8 Å². The Balaban J connectivity index is 2.11. The molecule has 1 aliphatic carbocycles. The molecule has 2 rings (SSSR count). The third-order valence-corrected chi connectivity index (χ3v) is 3.33. The molecule has 0 unspecified atom stereocenters. The molecule has 0 N–H and O–H groups in total. The molecule has 0 fully saturated rings. The van der Waals surface area contributed by atoms with Gasteiger partial charge >= 0.3 is 0 Å². The highest BCUT2D eigenvalue weighted by atomic mass is 32.1. The summed E-state index contributed by atoms with van der Waals surface area (Å²) in [5, 5.41) is 1.84. The minimum atomic E-state index is 0.137. The molecular formula is C12H15NOS. The van der Waals surface area contributed by atoms with Crippen molar-refractivity contribution in [2.75, 3.05) is 0 Å². The van der Waals surface area contributed by atoms with Crippen LogP contribution in [-0.2, 0) is 0 Å². The second-order valence-electron chi connectivity index (χ2n) is 3.89. The van der Waals surface area contributed by atoms with Crippen LogP contribution in [0.4, 0.5) is 0 Å². The molecule has 80 valence electrons. The first-order valence-electron chi connectivity index (χ1n) is 5.50. The molecule has 0 atom stereocenters. The van der Waals surface area contributed by atoms with Crippen molar-refractivity contribution in [3.05, 3.63) is 28.2 Å². The first-order valence-corrected chi connectivity index (χ1v) is 6.44. The molecule has 0 bridgehead atoms. The number of aromatic nitrogens is 1. The standard InChI is InChI=1S/C12H15NOS/c14-12(11-8-15-9-13-11)10-6-4-2-1-3-5-7-10/h6,8-9H,1-5,7H2. The molecular weight excluding hydrogens is 206 g/mol. The highest BCUT2D eigenvalue weighted by Gasteiger charge is 2.14. The van der Waals surface area contributed by atoms with Gasteiger partial charge in [-0.15, -0.1) is 11.3 Å². The van der Waals surface area contributed by atoms with Crippen LogP contribution >= 0.6 is 11.3 Å². The van der Waals surface area contributed by atoms with Crippen LogP contribution in [0.2, 0.25) is 0 Å². The van der Waals surface area contributed by atoms with Crippen LogP contribution in [0.1, 0.15) is 49.0 Å². The molecule has 0 saturated heterocycles. The van der Waals surface area contributed by atoms with E-state index < -0.39 is 0 Å². The lowest BCUT2D eigenvalue weighted by molar-refractivity contribution is 0.102. The monoisotopic (exact) mass is 221 g/mol. The van der Waals surface area contributed by atoms with E-state index >= 15 is 0 Å². The number of carbonyl (C=O) groups excluding carboxylic acids is 1. The number of hydrogen-bond acceptors (Lipinski definition) is 3. The molecule has 1 aromatic rings. The Kier molecular flexibility index (Phi) is 3.67. The average Bonchev–Trinajstić information content (AvgIpc) is 2.68. The van der Waals surface area contributed by atoms with E-state index in [1.54, 1.807) is 5.51 Å². The molecule has 2 nitrogen and oxygen atoms in total. The first-order chi connectivity index (χ1) is 7.38. The van der Waals surface area contributed by atoms with Crippen molar-refractivity contribution < 1.29 is 4.79 Å². The van der Waals surface area contributed by atoms with E-state index in [4.69, 9.17) is 0 Å².